The normalized spacial score (nSPS) is 19.5. The molecule has 0 bridgehead atoms. The van der Waals surface area contributed by atoms with Crippen molar-refractivity contribution in [1.29, 1.82) is 0 Å². The first-order valence-electron chi connectivity index (χ1n) is 8.24. The van der Waals surface area contributed by atoms with E-state index in [0.717, 1.165) is 37.4 Å². The van der Waals surface area contributed by atoms with Crippen LogP contribution in [-0.4, -0.2) is 41.2 Å². The molecule has 1 fully saturated rings. The summed E-state index contributed by atoms with van der Waals surface area (Å²) in [4.78, 5) is 14.0. The van der Waals surface area contributed by atoms with Crippen LogP contribution in [0.5, 0.6) is 0 Å². The van der Waals surface area contributed by atoms with Gasteiger partial charge in [0.05, 0.1) is 16.6 Å². The molecule has 0 spiro atoms. The Morgan fingerprint density at radius 3 is 2.62 bits per heavy atom. The third kappa shape index (κ3) is 3.17. The first kappa shape index (κ1) is 17.0. The zero-order valence-corrected chi connectivity index (χ0v) is 15.2. The van der Waals surface area contributed by atoms with E-state index in [0.29, 0.717) is 5.92 Å². The van der Waals surface area contributed by atoms with Crippen LogP contribution in [0.1, 0.15) is 45.4 Å². The Morgan fingerprint density at radius 2 is 2.04 bits per heavy atom. The molecular formula is C17H24N4O2S. The molecule has 1 unspecified atom stereocenters. The van der Waals surface area contributed by atoms with E-state index in [1.54, 1.807) is 39.2 Å². The number of sulfone groups is 1. The standard InChI is InChI=1S/C17H24N4O2S/c1-17(2,3)24(22,23)15-7-6-14(11-20-15)21-10-4-5-13(12-21)16-18-8-9-19-16/h6-9,11,13H,4-5,10,12H2,1-3H3,(H,18,19). The lowest BCUT2D eigenvalue weighted by Gasteiger charge is -2.33. The number of H-pyrrole nitrogens is 1. The lowest BCUT2D eigenvalue weighted by Crippen LogP contribution is -2.35. The molecule has 1 atom stereocenters. The number of nitrogens with one attached hydrogen (secondary N) is 1. The topological polar surface area (TPSA) is 79.0 Å². The molecule has 1 saturated heterocycles. The maximum absolute atomic E-state index is 12.5. The Bertz CT molecular complexity index is 777. The summed E-state index contributed by atoms with van der Waals surface area (Å²) in [6.07, 6.45) is 7.48. The number of aromatic nitrogens is 3. The SMILES string of the molecule is CC(C)(C)S(=O)(=O)c1ccc(N2CCCC(c3ncc[nH]3)C2)cn1. The fourth-order valence-electron chi connectivity index (χ4n) is 2.97. The van der Waals surface area contributed by atoms with Gasteiger partial charge in [-0.2, -0.15) is 0 Å². The van der Waals surface area contributed by atoms with E-state index in [4.69, 9.17) is 0 Å². The predicted molar refractivity (Wildman–Crippen MR) is 94.0 cm³/mol. The summed E-state index contributed by atoms with van der Waals surface area (Å²) in [5, 5.41) is 0.137. The van der Waals surface area contributed by atoms with Gasteiger partial charge in [0, 0.05) is 31.4 Å². The van der Waals surface area contributed by atoms with Gasteiger partial charge in [-0.1, -0.05) is 0 Å². The molecule has 0 aliphatic carbocycles. The van der Waals surface area contributed by atoms with Crippen molar-refractivity contribution in [2.24, 2.45) is 0 Å². The van der Waals surface area contributed by atoms with Crippen LogP contribution >= 0.6 is 0 Å². The Morgan fingerprint density at radius 1 is 1.25 bits per heavy atom. The van der Waals surface area contributed by atoms with Gasteiger partial charge in [-0.15, -0.1) is 0 Å². The molecule has 1 aliphatic heterocycles. The number of imidazole rings is 1. The van der Waals surface area contributed by atoms with Gasteiger partial charge in [-0.25, -0.2) is 18.4 Å². The zero-order valence-electron chi connectivity index (χ0n) is 14.4. The molecule has 1 N–H and O–H groups in total. The molecule has 0 amide bonds. The number of aromatic amines is 1. The lowest BCUT2D eigenvalue weighted by molar-refractivity contribution is 0.494. The van der Waals surface area contributed by atoms with Crippen LogP contribution in [0, 0.1) is 0 Å². The Balaban J connectivity index is 1.79. The molecule has 0 aromatic carbocycles. The maximum atomic E-state index is 12.5. The van der Waals surface area contributed by atoms with Crippen LogP contribution in [0.3, 0.4) is 0 Å². The fraction of sp³-hybridized carbons (Fsp3) is 0.529. The van der Waals surface area contributed by atoms with Crippen molar-refractivity contribution in [3.8, 4) is 0 Å². The van der Waals surface area contributed by atoms with Gasteiger partial charge < -0.3 is 9.88 Å². The average molecular weight is 348 g/mol. The summed E-state index contributed by atoms with van der Waals surface area (Å²) >= 11 is 0. The van der Waals surface area contributed by atoms with Gasteiger partial charge in [0.2, 0.25) is 0 Å². The van der Waals surface area contributed by atoms with Crippen LogP contribution in [0.25, 0.3) is 0 Å². The smallest absolute Gasteiger partial charge is 0.200 e. The van der Waals surface area contributed by atoms with E-state index in [1.807, 2.05) is 12.3 Å². The van der Waals surface area contributed by atoms with Crippen molar-refractivity contribution in [2.75, 3.05) is 18.0 Å². The number of pyridine rings is 1. The molecule has 7 heteroatoms. The minimum Gasteiger partial charge on any atom is -0.370 e. The largest absolute Gasteiger partial charge is 0.370 e. The van der Waals surface area contributed by atoms with E-state index < -0.39 is 14.6 Å². The van der Waals surface area contributed by atoms with Crippen LogP contribution < -0.4 is 4.90 Å². The molecule has 24 heavy (non-hydrogen) atoms. The number of hydrogen-bond acceptors (Lipinski definition) is 5. The molecule has 130 valence electrons. The minimum absolute atomic E-state index is 0.137. The minimum atomic E-state index is -3.41. The fourth-order valence-corrected chi connectivity index (χ4v) is 4.03. The summed E-state index contributed by atoms with van der Waals surface area (Å²) in [6, 6.07) is 3.47. The molecule has 1 aliphatic rings. The van der Waals surface area contributed by atoms with Crippen molar-refractivity contribution >= 4 is 15.5 Å². The molecular weight excluding hydrogens is 324 g/mol. The first-order chi connectivity index (χ1) is 11.3. The Kier molecular flexibility index (Phi) is 4.38. The number of piperidine rings is 1. The summed E-state index contributed by atoms with van der Waals surface area (Å²) in [5.74, 6) is 1.38. The molecule has 2 aromatic heterocycles. The maximum Gasteiger partial charge on any atom is 0.200 e. The second kappa shape index (κ2) is 6.20. The van der Waals surface area contributed by atoms with Gasteiger partial charge >= 0.3 is 0 Å². The highest BCUT2D eigenvalue weighted by atomic mass is 32.2. The number of nitrogens with zero attached hydrogens (tertiary/aromatic N) is 3. The van der Waals surface area contributed by atoms with Gasteiger partial charge in [0.1, 0.15) is 5.82 Å². The summed E-state index contributed by atoms with van der Waals surface area (Å²) in [5.41, 5.74) is 0.958. The van der Waals surface area contributed by atoms with Crippen molar-refractivity contribution in [3.63, 3.8) is 0 Å². The van der Waals surface area contributed by atoms with Gasteiger partial charge in [0.25, 0.3) is 0 Å². The molecule has 6 nitrogen and oxygen atoms in total. The third-order valence-corrected chi connectivity index (χ3v) is 6.90. The van der Waals surface area contributed by atoms with E-state index >= 15 is 0 Å². The monoisotopic (exact) mass is 348 g/mol. The Labute approximate surface area is 143 Å². The van der Waals surface area contributed by atoms with Crippen LogP contribution in [-0.2, 0) is 9.84 Å². The number of hydrogen-bond donors (Lipinski definition) is 1. The molecule has 3 heterocycles. The molecule has 0 saturated carbocycles. The van der Waals surface area contributed by atoms with E-state index in [1.165, 1.54) is 0 Å². The van der Waals surface area contributed by atoms with Crippen LogP contribution in [0.2, 0.25) is 0 Å². The molecule has 0 radical (unpaired) electrons. The quantitative estimate of drug-likeness (QED) is 0.923. The zero-order chi connectivity index (χ0) is 17.4. The van der Waals surface area contributed by atoms with Crippen molar-refractivity contribution < 1.29 is 8.42 Å². The highest BCUT2D eigenvalue weighted by Gasteiger charge is 2.32. The van der Waals surface area contributed by atoms with Crippen LogP contribution in [0.4, 0.5) is 5.69 Å². The van der Waals surface area contributed by atoms with E-state index in [2.05, 4.69) is 19.9 Å². The Hall–Kier alpha value is -1.89. The van der Waals surface area contributed by atoms with Crippen molar-refractivity contribution in [2.45, 2.75) is 49.3 Å². The molecule has 2 aromatic rings. The predicted octanol–water partition coefficient (Wildman–Crippen LogP) is 2.76. The van der Waals surface area contributed by atoms with Crippen molar-refractivity contribution in [3.05, 3.63) is 36.5 Å². The highest BCUT2D eigenvalue weighted by Crippen LogP contribution is 2.29. The third-order valence-electron chi connectivity index (χ3n) is 4.49. The van der Waals surface area contributed by atoms with Gasteiger partial charge in [0.15, 0.2) is 14.9 Å². The summed E-state index contributed by atoms with van der Waals surface area (Å²) in [6.45, 7) is 6.88. The van der Waals surface area contributed by atoms with Gasteiger partial charge in [-0.05, 0) is 45.7 Å². The highest BCUT2D eigenvalue weighted by molar-refractivity contribution is 7.92. The van der Waals surface area contributed by atoms with Crippen LogP contribution in [0.15, 0.2) is 35.7 Å². The summed E-state index contributed by atoms with van der Waals surface area (Å²) in [7, 11) is -3.41. The van der Waals surface area contributed by atoms with E-state index in [-0.39, 0.29) is 5.03 Å². The van der Waals surface area contributed by atoms with Crippen molar-refractivity contribution in [1.82, 2.24) is 15.0 Å². The first-order valence-corrected chi connectivity index (χ1v) is 9.72. The van der Waals surface area contributed by atoms with E-state index in [9.17, 15) is 8.42 Å². The molecule has 3 rings (SSSR count). The van der Waals surface area contributed by atoms with Gasteiger partial charge in [-0.3, -0.25) is 0 Å². The summed E-state index contributed by atoms with van der Waals surface area (Å²) < 4.78 is 24.1. The average Bonchev–Trinajstić information content (AvgIpc) is 3.08. The second-order valence-electron chi connectivity index (χ2n) is 7.23. The number of rotatable bonds is 3. The lowest BCUT2D eigenvalue weighted by atomic mass is 9.97. The number of anilines is 1. The second-order valence-corrected chi connectivity index (χ2v) is 9.88.